The highest BCUT2D eigenvalue weighted by molar-refractivity contribution is 5.90. The lowest BCUT2D eigenvalue weighted by atomic mass is 10.1. The minimum atomic E-state index is -0.470. The van der Waals surface area contributed by atoms with Gasteiger partial charge in [0.1, 0.15) is 24.3 Å². The van der Waals surface area contributed by atoms with E-state index in [1.807, 2.05) is 41.0 Å². The molecule has 29 heavy (non-hydrogen) atoms. The summed E-state index contributed by atoms with van der Waals surface area (Å²) in [4.78, 5) is 25.8. The van der Waals surface area contributed by atoms with Crippen molar-refractivity contribution < 1.29 is 9.53 Å². The molecule has 5 rings (SSSR count). The van der Waals surface area contributed by atoms with Crippen molar-refractivity contribution in [3.8, 4) is 11.6 Å². The molecule has 0 saturated heterocycles. The van der Waals surface area contributed by atoms with Crippen LogP contribution in [0.2, 0.25) is 0 Å². The highest BCUT2D eigenvalue weighted by atomic mass is 16.5. The van der Waals surface area contributed by atoms with Crippen LogP contribution in [-0.4, -0.2) is 42.2 Å². The summed E-state index contributed by atoms with van der Waals surface area (Å²) in [6.45, 7) is 0.225. The number of hydrogen-bond donors (Lipinski definition) is 2. The number of pyridine rings is 1. The number of aromatic nitrogens is 6. The monoisotopic (exact) mass is 387 g/mol. The lowest BCUT2D eigenvalue weighted by molar-refractivity contribution is 0.0909. The average molecular weight is 387 g/mol. The molecule has 1 aliphatic heterocycles. The third kappa shape index (κ3) is 3.33. The van der Waals surface area contributed by atoms with Crippen molar-refractivity contribution in [1.29, 1.82) is 0 Å². The standard InChI is InChI=1S/C20H17N7O2/c28-20(17-24-16(25-26-17)11-13-5-2-1-3-6-13)23-14-12-29-15-7-4-8-21-19(15)27-10-9-22-18(14)27/h1-10,14H,11-12H2,(H,23,28)(H,24,25,26). The third-order valence-corrected chi connectivity index (χ3v) is 4.62. The van der Waals surface area contributed by atoms with E-state index in [0.29, 0.717) is 29.6 Å². The molecule has 1 unspecified atom stereocenters. The number of nitrogens with one attached hydrogen (secondary N) is 2. The van der Waals surface area contributed by atoms with Crippen molar-refractivity contribution in [1.82, 2.24) is 35.0 Å². The molecule has 9 nitrogen and oxygen atoms in total. The van der Waals surface area contributed by atoms with E-state index >= 15 is 0 Å². The Bertz CT molecular complexity index is 1150. The first-order valence-electron chi connectivity index (χ1n) is 9.15. The van der Waals surface area contributed by atoms with Gasteiger partial charge in [0.25, 0.3) is 5.91 Å². The second-order valence-corrected chi connectivity index (χ2v) is 6.59. The fourth-order valence-corrected chi connectivity index (χ4v) is 3.27. The summed E-state index contributed by atoms with van der Waals surface area (Å²) in [7, 11) is 0. The highest BCUT2D eigenvalue weighted by Gasteiger charge is 2.27. The first kappa shape index (κ1) is 17.1. The Hall–Kier alpha value is -4.01. The number of H-pyrrole nitrogens is 1. The summed E-state index contributed by atoms with van der Waals surface area (Å²) in [5, 5.41) is 9.79. The number of rotatable bonds is 4. The van der Waals surface area contributed by atoms with Crippen LogP contribution in [0.4, 0.5) is 0 Å². The summed E-state index contributed by atoms with van der Waals surface area (Å²) in [5.41, 5.74) is 1.08. The SMILES string of the molecule is O=C(NC1COc2cccnc2-n2ccnc21)c1n[nH]c(Cc2ccccc2)n1. The summed E-state index contributed by atoms with van der Waals surface area (Å²) in [5.74, 6) is 2.20. The predicted octanol–water partition coefficient (Wildman–Crippen LogP) is 1.84. The van der Waals surface area contributed by atoms with Crippen molar-refractivity contribution in [3.63, 3.8) is 0 Å². The molecule has 0 radical (unpaired) electrons. The number of amides is 1. The van der Waals surface area contributed by atoms with E-state index in [9.17, 15) is 4.79 Å². The Morgan fingerprint density at radius 1 is 1.17 bits per heavy atom. The van der Waals surface area contributed by atoms with Gasteiger partial charge in [0.2, 0.25) is 5.82 Å². The zero-order valence-electron chi connectivity index (χ0n) is 15.3. The molecule has 9 heteroatoms. The van der Waals surface area contributed by atoms with Gasteiger partial charge in [-0.3, -0.25) is 14.5 Å². The van der Waals surface area contributed by atoms with Gasteiger partial charge in [-0.2, -0.15) is 0 Å². The number of aromatic amines is 1. The van der Waals surface area contributed by atoms with Crippen LogP contribution in [0.1, 0.15) is 33.9 Å². The van der Waals surface area contributed by atoms with Crippen molar-refractivity contribution >= 4 is 5.91 Å². The van der Waals surface area contributed by atoms with Gasteiger partial charge in [-0.15, -0.1) is 5.10 Å². The molecule has 144 valence electrons. The molecule has 1 aromatic carbocycles. The molecule has 4 aromatic rings. The fourth-order valence-electron chi connectivity index (χ4n) is 3.27. The molecule has 2 N–H and O–H groups in total. The summed E-state index contributed by atoms with van der Waals surface area (Å²) >= 11 is 0. The van der Waals surface area contributed by atoms with E-state index in [2.05, 4.69) is 30.5 Å². The van der Waals surface area contributed by atoms with Crippen molar-refractivity contribution in [2.45, 2.75) is 12.5 Å². The lowest BCUT2D eigenvalue weighted by Gasteiger charge is -2.14. The summed E-state index contributed by atoms with van der Waals surface area (Å²) < 4.78 is 7.65. The number of hydrogen-bond acceptors (Lipinski definition) is 6. The number of imidazole rings is 1. The Labute approximate surface area is 165 Å². The van der Waals surface area contributed by atoms with Gasteiger partial charge in [0.05, 0.1) is 0 Å². The minimum absolute atomic E-state index is 0.0777. The van der Waals surface area contributed by atoms with Gasteiger partial charge in [0.15, 0.2) is 11.6 Å². The second kappa shape index (κ2) is 7.19. The molecule has 1 aliphatic rings. The van der Waals surface area contributed by atoms with Crippen LogP contribution in [0.15, 0.2) is 61.1 Å². The number of benzene rings is 1. The van der Waals surface area contributed by atoms with Gasteiger partial charge in [0, 0.05) is 25.0 Å². The quantitative estimate of drug-likeness (QED) is 0.553. The smallest absolute Gasteiger partial charge is 0.291 e. The van der Waals surface area contributed by atoms with E-state index in [1.54, 1.807) is 24.7 Å². The number of fused-ring (bicyclic) bond motifs is 3. The van der Waals surface area contributed by atoms with Crippen molar-refractivity contribution in [3.05, 3.63) is 84.1 Å². The van der Waals surface area contributed by atoms with E-state index in [4.69, 9.17) is 4.74 Å². The second-order valence-electron chi connectivity index (χ2n) is 6.59. The number of carbonyl (C=O) groups excluding carboxylic acids is 1. The maximum Gasteiger partial charge on any atom is 0.291 e. The molecule has 1 atom stereocenters. The molecule has 1 amide bonds. The molecule has 3 aromatic heterocycles. The first-order valence-corrected chi connectivity index (χ1v) is 9.15. The molecule has 0 bridgehead atoms. The van der Waals surface area contributed by atoms with Gasteiger partial charge in [-0.1, -0.05) is 30.3 Å². The number of nitrogens with zero attached hydrogens (tertiary/aromatic N) is 5. The molecule has 0 fully saturated rings. The van der Waals surface area contributed by atoms with Gasteiger partial charge < -0.3 is 10.1 Å². The van der Waals surface area contributed by atoms with E-state index in [0.717, 1.165) is 5.56 Å². The lowest BCUT2D eigenvalue weighted by Crippen LogP contribution is -2.33. The number of carbonyl (C=O) groups is 1. The molecular formula is C20H17N7O2. The average Bonchev–Trinajstić information content (AvgIpc) is 3.39. The van der Waals surface area contributed by atoms with Crippen LogP contribution in [0.5, 0.6) is 5.75 Å². The van der Waals surface area contributed by atoms with Crippen LogP contribution < -0.4 is 10.1 Å². The molecule has 0 saturated carbocycles. The molecule has 0 spiro atoms. The van der Waals surface area contributed by atoms with Crippen molar-refractivity contribution in [2.75, 3.05) is 6.61 Å². The summed E-state index contributed by atoms with van der Waals surface area (Å²) in [6.07, 6.45) is 5.72. The number of ether oxygens (including phenoxy) is 1. The third-order valence-electron chi connectivity index (χ3n) is 4.62. The molecular weight excluding hydrogens is 370 g/mol. The van der Waals surface area contributed by atoms with Crippen LogP contribution in [0.3, 0.4) is 0 Å². The minimum Gasteiger partial charge on any atom is -0.487 e. The van der Waals surface area contributed by atoms with Gasteiger partial charge in [-0.05, 0) is 17.7 Å². The molecule has 4 heterocycles. The summed E-state index contributed by atoms with van der Waals surface area (Å²) in [6, 6.07) is 13.0. The fraction of sp³-hybridized carbons (Fsp3) is 0.150. The Kier molecular flexibility index (Phi) is 4.24. The van der Waals surface area contributed by atoms with Crippen LogP contribution in [-0.2, 0) is 6.42 Å². The Morgan fingerprint density at radius 2 is 2.07 bits per heavy atom. The topological polar surface area (TPSA) is 111 Å². The zero-order chi connectivity index (χ0) is 19.6. The predicted molar refractivity (Wildman–Crippen MR) is 103 cm³/mol. The highest BCUT2D eigenvalue weighted by Crippen LogP contribution is 2.28. The van der Waals surface area contributed by atoms with Crippen LogP contribution in [0, 0.1) is 0 Å². The maximum atomic E-state index is 12.7. The normalized spacial score (nSPS) is 15.0. The van der Waals surface area contributed by atoms with E-state index in [1.165, 1.54) is 0 Å². The Balaban J connectivity index is 1.34. The van der Waals surface area contributed by atoms with E-state index in [-0.39, 0.29) is 12.4 Å². The van der Waals surface area contributed by atoms with Gasteiger partial charge in [-0.25, -0.2) is 15.0 Å². The van der Waals surface area contributed by atoms with Crippen molar-refractivity contribution in [2.24, 2.45) is 0 Å². The van der Waals surface area contributed by atoms with Crippen LogP contribution in [0.25, 0.3) is 5.82 Å². The van der Waals surface area contributed by atoms with Gasteiger partial charge >= 0.3 is 0 Å². The zero-order valence-corrected chi connectivity index (χ0v) is 15.3. The first-order chi connectivity index (χ1) is 14.3. The largest absolute Gasteiger partial charge is 0.487 e. The maximum absolute atomic E-state index is 12.7. The van der Waals surface area contributed by atoms with E-state index < -0.39 is 11.9 Å². The Morgan fingerprint density at radius 3 is 2.97 bits per heavy atom. The molecule has 0 aliphatic carbocycles. The van der Waals surface area contributed by atoms with Crippen LogP contribution >= 0.6 is 0 Å².